The molecule has 2 aromatic rings. The number of benzene rings is 2. The molecule has 0 saturated heterocycles. The normalized spacial score (nSPS) is 22.3. The Morgan fingerprint density at radius 2 is 1.77 bits per heavy atom. The number of phenols is 1. The second-order valence-electron chi connectivity index (χ2n) is 7.02. The lowest BCUT2D eigenvalue weighted by Crippen LogP contribution is -2.14. The van der Waals surface area contributed by atoms with Crippen LogP contribution in [0, 0.1) is 0 Å². The Bertz CT molecular complexity index is 961. The van der Waals surface area contributed by atoms with Crippen LogP contribution in [0.4, 0.5) is 0 Å². The molecule has 3 rings (SSSR count). The van der Waals surface area contributed by atoms with E-state index in [1.54, 1.807) is 24.3 Å². The van der Waals surface area contributed by atoms with Gasteiger partial charge >= 0.3 is 5.97 Å². The minimum atomic E-state index is -0.846. The molecule has 2 atom stereocenters. The second kappa shape index (κ2) is 9.89. The third kappa shape index (κ3) is 5.36. The van der Waals surface area contributed by atoms with Gasteiger partial charge in [0, 0.05) is 18.9 Å². The quantitative estimate of drug-likeness (QED) is 0.730. The number of hydrogen-bond acceptors (Lipinski definition) is 6. The maximum Gasteiger partial charge on any atom is 0.343 e. The van der Waals surface area contributed by atoms with Gasteiger partial charge in [-0.05, 0) is 29.7 Å². The van der Waals surface area contributed by atoms with Crippen molar-refractivity contribution < 1.29 is 29.3 Å². The summed E-state index contributed by atoms with van der Waals surface area (Å²) < 4.78 is 10.9. The minimum Gasteiger partial charge on any atom is -0.507 e. The number of ketones is 1. The number of esters is 1. The lowest BCUT2D eigenvalue weighted by Gasteiger charge is -2.19. The molecule has 0 bridgehead atoms. The van der Waals surface area contributed by atoms with Crippen LogP contribution >= 0.6 is 0 Å². The van der Waals surface area contributed by atoms with Crippen LogP contribution in [-0.2, 0) is 9.53 Å². The van der Waals surface area contributed by atoms with Gasteiger partial charge in [-0.3, -0.25) is 4.79 Å². The Morgan fingerprint density at radius 1 is 1.03 bits per heavy atom. The van der Waals surface area contributed by atoms with Gasteiger partial charge in [0.15, 0.2) is 5.78 Å². The highest BCUT2D eigenvalue weighted by Crippen LogP contribution is 2.32. The molecule has 0 aliphatic carbocycles. The highest BCUT2D eigenvalue weighted by molar-refractivity contribution is 5.97. The first-order valence-electron chi connectivity index (χ1n) is 9.69. The maximum absolute atomic E-state index is 13.0. The number of ether oxygens (including phenoxy) is 2. The average Bonchev–Trinajstić information content (AvgIpc) is 2.72. The summed E-state index contributed by atoms with van der Waals surface area (Å²) in [6, 6.07) is 12.1. The van der Waals surface area contributed by atoms with E-state index in [1.807, 2.05) is 30.3 Å². The first-order chi connectivity index (χ1) is 14.5. The van der Waals surface area contributed by atoms with Crippen molar-refractivity contribution in [2.45, 2.75) is 31.5 Å². The fraction of sp³-hybridized carbons (Fsp3) is 0.250. The average molecular weight is 408 g/mol. The van der Waals surface area contributed by atoms with Crippen LogP contribution in [0.15, 0.2) is 60.7 Å². The zero-order chi connectivity index (χ0) is 21.5. The summed E-state index contributed by atoms with van der Waals surface area (Å²) in [6.45, 7) is 0. The second-order valence-corrected chi connectivity index (χ2v) is 7.02. The standard InChI is InChI=1S/C24H24O6/c1-29-20-13-17-9-5-10-18(25)14-19(26)11-6-12-22(16-7-3-2-4-8-16)30-24(28)23(17)21(27)15-20/h2-9,11,13,15,18,22,25,27H,10,12,14H2,1H3/b9-5+,11-6-/t18-,22?/m0/s1. The smallest absolute Gasteiger partial charge is 0.343 e. The van der Waals surface area contributed by atoms with Crippen LogP contribution in [0.25, 0.3) is 6.08 Å². The number of carbonyl (C=O) groups is 2. The number of aliphatic hydroxyl groups is 1. The number of aromatic hydroxyl groups is 1. The number of phenolic OH excluding ortho intramolecular Hbond substituents is 1. The Kier molecular flexibility index (Phi) is 7.03. The summed E-state index contributed by atoms with van der Waals surface area (Å²) in [5.74, 6) is -0.779. The van der Waals surface area contributed by atoms with Gasteiger partial charge in [0.05, 0.1) is 13.2 Å². The molecule has 2 N–H and O–H groups in total. The van der Waals surface area contributed by atoms with Gasteiger partial charge in [0.2, 0.25) is 0 Å². The highest BCUT2D eigenvalue weighted by Gasteiger charge is 2.23. The topological polar surface area (TPSA) is 93.1 Å². The molecule has 2 aromatic carbocycles. The fourth-order valence-electron chi connectivity index (χ4n) is 3.26. The summed E-state index contributed by atoms with van der Waals surface area (Å²) in [7, 11) is 1.46. The predicted octanol–water partition coefficient (Wildman–Crippen LogP) is 3.98. The number of rotatable bonds is 2. The molecule has 0 amide bonds. The lowest BCUT2D eigenvalue weighted by atomic mass is 10.0. The molecule has 0 fully saturated rings. The minimum absolute atomic E-state index is 0.00709. The van der Waals surface area contributed by atoms with Gasteiger partial charge in [-0.1, -0.05) is 48.6 Å². The van der Waals surface area contributed by atoms with Crippen LogP contribution in [0.3, 0.4) is 0 Å². The third-order valence-corrected chi connectivity index (χ3v) is 4.78. The molecule has 0 aromatic heterocycles. The van der Waals surface area contributed by atoms with Crippen LogP contribution in [0.5, 0.6) is 11.5 Å². The van der Waals surface area contributed by atoms with Crippen LogP contribution in [0.2, 0.25) is 0 Å². The summed E-state index contributed by atoms with van der Waals surface area (Å²) >= 11 is 0. The van der Waals surface area contributed by atoms with Gasteiger partial charge in [-0.2, -0.15) is 0 Å². The van der Waals surface area contributed by atoms with Crippen molar-refractivity contribution in [1.82, 2.24) is 0 Å². The summed E-state index contributed by atoms with van der Waals surface area (Å²) in [6.07, 6.45) is 5.29. The largest absolute Gasteiger partial charge is 0.507 e. The van der Waals surface area contributed by atoms with Crippen molar-refractivity contribution >= 4 is 17.8 Å². The number of aliphatic hydroxyl groups excluding tert-OH is 1. The van der Waals surface area contributed by atoms with Crippen molar-refractivity contribution in [2.24, 2.45) is 0 Å². The SMILES string of the molecule is COc1cc(O)c2c(c1)/C=C/C[C@H](O)CC(=O)/C=C\CC(c1ccccc1)OC2=O. The summed E-state index contributed by atoms with van der Waals surface area (Å²) in [4.78, 5) is 25.1. The Labute approximate surface area is 175 Å². The van der Waals surface area contributed by atoms with Crippen molar-refractivity contribution in [2.75, 3.05) is 7.11 Å². The van der Waals surface area contributed by atoms with Gasteiger partial charge in [0.25, 0.3) is 0 Å². The van der Waals surface area contributed by atoms with E-state index in [4.69, 9.17) is 9.47 Å². The van der Waals surface area contributed by atoms with Crippen molar-refractivity contribution in [3.63, 3.8) is 0 Å². The van der Waals surface area contributed by atoms with E-state index in [0.717, 1.165) is 5.56 Å². The van der Waals surface area contributed by atoms with Crippen LogP contribution in [0.1, 0.15) is 46.9 Å². The van der Waals surface area contributed by atoms with Crippen LogP contribution < -0.4 is 4.74 Å². The first-order valence-corrected chi connectivity index (χ1v) is 9.69. The molecule has 1 aliphatic rings. The Morgan fingerprint density at radius 3 is 2.50 bits per heavy atom. The van der Waals surface area contributed by atoms with Gasteiger partial charge in [-0.15, -0.1) is 0 Å². The summed E-state index contributed by atoms with van der Waals surface area (Å²) in [5, 5.41) is 20.6. The third-order valence-electron chi connectivity index (χ3n) is 4.78. The molecule has 0 radical (unpaired) electrons. The molecular formula is C24H24O6. The van der Waals surface area contributed by atoms with E-state index < -0.39 is 18.2 Å². The van der Waals surface area contributed by atoms with Gasteiger partial charge < -0.3 is 19.7 Å². The first kappa shape index (κ1) is 21.3. The van der Waals surface area contributed by atoms with E-state index in [-0.39, 0.29) is 36.4 Å². The Balaban J connectivity index is 2.04. The molecule has 0 saturated carbocycles. The van der Waals surface area contributed by atoms with E-state index in [1.165, 1.54) is 19.3 Å². The highest BCUT2D eigenvalue weighted by atomic mass is 16.5. The molecule has 1 aliphatic heterocycles. The van der Waals surface area contributed by atoms with E-state index in [2.05, 4.69) is 0 Å². The number of cyclic esters (lactones) is 1. The maximum atomic E-state index is 13.0. The number of allylic oxidation sites excluding steroid dienone is 1. The van der Waals surface area contributed by atoms with E-state index in [0.29, 0.717) is 11.3 Å². The van der Waals surface area contributed by atoms with Gasteiger partial charge in [-0.25, -0.2) is 4.79 Å². The number of fused-ring (bicyclic) bond motifs is 1. The molecule has 6 nitrogen and oxygen atoms in total. The predicted molar refractivity (Wildman–Crippen MR) is 112 cm³/mol. The molecule has 6 heteroatoms. The zero-order valence-electron chi connectivity index (χ0n) is 16.7. The molecule has 0 spiro atoms. The monoisotopic (exact) mass is 408 g/mol. The molecule has 1 unspecified atom stereocenters. The fourth-order valence-corrected chi connectivity index (χ4v) is 3.26. The van der Waals surface area contributed by atoms with E-state index in [9.17, 15) is 19.8 Å². The van der Waals surface area contributed by atoms with Crippen molar-refractivity contribution in [3.8, 4) is 11.5 Å². The molecule has 156 valence electrons. The number of methoxy groups -OCH3 is 1. The molecule has 1 heterocycles. The van der Waals surface area contributed by atoms with E-state index >= 15 is 0 Å². The molecular weight excluding hydrogens is 384 g/mol. The van der Waals surface area contributed by atoms with Crippen molar-refractivity contribution in [1.29, 1.82) is 0 Å². The van der Waals surface area contributed by atoms with Crippen LogP contribution in [-0.4, -0.2) is 35.2 Å². The number of carbonyl (C=O) groups excluding carboxylic acids is 2. The number of hydrogen-bond donors (Lipinski definition) is 2. The zero-order valence-corrected chi connectivity index (χ0v) is 16.7. The Hall–Kier alpha value is -3.38. The summed E-state index contributed by atoms with van der Waals surface area (Å²) in [5.41, 5.74) is 1.18. The van der Waals surface area contributed by atoms with Gasteiger partial charge in [0.1, 0.15) is 23.2 Å². The molecule has 30 heavy (non-hydrogen) atoms. The lowest BCUT2D eigenvalue weighted by molar-refractivity contribution is -0.116. The van der Waals surface area contributed by atoms with Crippen molar-refractivity contribution in [3.05, 3.63) is 77.4 Å².